The lowest BCUT2D eigenvalue weighted by molar-refractivity contribution is 0.262. The van der Waals surface area contributed by atoms with E-state index in [1.54, 1.807) is 11.3 Å². The van der Waals surface area contributed by atoms with Crippen molar-refractivity contribution >= 4 is 11.3 Å². The zero-order valence-electron chi connectivity index (χ0n) is 11.8. The minimum atomic E-state index is 0.267. The monoisotopic (exact) mass is 289 g/mol. The molecule has 1 aliphatic rings. The molecule has 1 aromatic heterocycles. The maximum atomic E-state index is 5.83. The topological polar surface area (TPSA) is 47.0 Å². The van der Waals surface area contributed by atoms with Gasteiger partial charge in [-0.05, 0) is 31.5 Å². The van der Waals surface area contributed by atoms with E-state index in [1.165, 1.54) is 5.56 Å². The molecule has 20 heavy (non-hydrogen) atoms. The summed E-state index contributed by atoms with van der Waals surface area (Å²) < 4.78 is 5.83. The fourth-order valence-electron chi connectivity index (χ4n) is 2.47. The highest BCUT2D eigenvalue weighted by Gasteiger charge is 2.25. The first-order chi connectivity index (χ1) is 9.78. The Bertz CT molecular complexity index is 584. The van der Waals surface area contributed by atoms with Crippen LogP contribution < -0.4 is 10.1 Å². The minimum Gasteiger partial charge on any atom is -0.493 e. The summed E-state index contributed by atoms with van der Waals surface area (Å²) in [4.78, 5) is 0. The Hall–Kier alpha value is -1.46. The summed E-state index contributed by atoms with van der Waals surface area (Å²) in [5.41, 5.74) is 1.26. The van der Waals surface area contributed by atoms with E-state index in [0.717, 1.165) is 28.7 Å². The van der Waals surface area contributed by atoms with Crippen molar-refractivity contribution in [2.75, 3.05) is 13.2 Å². The van der Waals surface area contributed by atoms with Crippen LogP contribution in [0.1, 0.15) is 41.4 Å². The molecule has 0 aliphatic carbocycles. The number of ether oxygens (including phenoxy) is 1. The molecular formula is C15H19N3OS. The molecule has 3 rings (SSSR count). The number of hydrogen-bond donors (Lipinski definition) is 1. The van der Waals surface area contributed by atoms with E-state index in [2.05, 4.69) is 41.5 Å². The van der Waals surface area contributed by atoms with Gasteiger partial charge < -0.3 is 10.1 Å². The highest BCUT2D eigenvalue weighted by atomic mass is 32.1. The molecule has 0 saturated heterocycles. The summed E-state index contributed by atoms with van der Waals surface area (Å²) in [6.07, 6.45) is 0.987. The first kappa shape index (κ1) is 13.5. The number of rotatable bonds is 4. The van der Waals surface area contributed by atoms with Gasteiger partial charge in [0.2, 0.25) is 0 Å². The maximum Gasteiger partial charge on any atom is 0.134 e. The summed E-state index contributed by atoms with van der Waals surface area (Å²) in [5, 5.41) is 14.2. The van der Waals surface area contributed by atoms with E-state index in [9.17, 15) is 0 Å². The van der Waals surface area contributed by atoms with Crippen molar-refractivity contribution in [2.24, 2.45) is 0 Å². The Balaban J connectivity index is 1.75. The van der Waals surface area contributed by atoms with Crippen molar-refractivity contribution in [1.82, 2.24) is 15.5 Å². The van der Waals surface area contributed by atoms with E-state index in [4.69, 9.17) is 4.74 Å². The van der Waals surface area contributed by atoms with Gasteiger partial charge in [0.25, 0.3) is 0 Å². The number of nitrogens with zero attached hydrogens (tertiary/aromatic N) is 2. The number of fused-ring (bicyclic) bond motifs is 1. The smallest absolute Gasteiger partial charge is 0.134 e. The van der Waals surface area contributed by atoms with E-state index in [-0.39, 0.29) is 6.04 Å². The van der Waals surface area contributed by atoms with Crippen LogP contribution in [0.3, 0.4) is 0 Å². The SMILES string of the molecule is CCNC(C)c1nnc(C2COc3ccccc3C2)s1. The third-order valence-corrected chi connectivity index (χ3v) is 4.83. The van der Waals surface area contributed by atoms with Gasteiger partial charge in [-0.2, -0.15) is 0 Å². The fourth-order valence-corrected chi connectivity index (χ4v) is 3.42. The van der Waals surface area contributed by atoms with Gasteiger partial charge in [-0.25, -0.2) is 0 Å². The third-order valence-electron chi connectivity index (χ3n) is 3.57. The molecular weight excluding hydrogens is 270 g/mol. The van der Waals surface area contributed by atoms with Crippen molar-refractivity contribution in [3.63, 3.8) is 0 Å². The Morgan fingerprint density at radius 1 is 1.40 bits per heavy atom. The highest BCUT2D eigenvalue weighted by molar-refractivity contribution is 7.11. The highest BCUT2D eigenvalue weighted by Crippen LogP contribution is 2.34. The molecule has 1 aliphatic heterocycles. The second kappa shape index (κ2) is 5.89. The Kier molecular flexibility index (Phi) is 3.98. The third kappa shape index (κ3) is 2.69. The second-order valence-corrected chi connectivity index (χ2v) is 6.12. The number of para-hydroxylation sites is 1. The molecule has 5 heteroatoms. The normalized spacial score (nSPS) is 19.2. The van der Waals surface area contributed by atoms with Crippen LogP contribution in [0.15, 0.2) is 24.3 Å². The van der Waals surface area contributed by atoms with Crippen LogP contribution in [-0.2, 0) is 6.42 Å². The minimum absolute atomic E-state index is 0.267. The molecule has 2 unspecified atom stereocenters. The van der Waals surface area contributed by atoms with Crippen LogP contribution in [0.5, 0.6) is 5.75 Å². The molecule has 1 aromatic carbocycles. The van der Waals surface area contributed by atoms with Gasteiger partial charge in [0.15, 0.2) is 0 Å². The summed E-state index contributed by atoms with van der Waals surface area (Å²) >= 11 is 1.70. The Morgan fingerprint density at radius 2 is 2.25 bits per heavy atom. The average Bonchev–Trinajstić information content (AvgIpc) is 2.97. The molecule has 4 nitrogen and oxygen atoms in total. The average molecular weight is 289 g/mol. The van der Waals surface area contributed by atoms with Gasteiger partial charge in [0.1, 0.15) is 15.8 Å². The standard InChI is InChI=1S/C15H19N3OS/c1-3-16-10(2)14-17-18-15(20-14)12-8-11-6-4-5-7-13(11)19-9-12/h4-7,10,12,16H,3,8-9H2,1-2H3. The molecule has 0 saturated carbocycles. The molecule has 0 amide bonds. The molecule has 2 aromatic rings. The molecule has 0 fully saturated rings. The van der Waals surface area contributed by atoms with Gasteiger partial charge in [-0.15, -0.1) is 10.2 Å². The quantitative estimate of drug-likeness (QED) is 0.940. The Morgan fingerprint density at radius 3 is 3.10 bits per heavy atom. The molecule has 2 atom stereocenters. The molecule has 0 bridgehead atoms. The fraction of sp³-hybridized carbons (Fsp3) is 0.467. The lowest BCUT2D eigenvalue weighted by Crippen LogP contribution is -2.19. The number of hydrogen-bond acceptors (Lipinski definition) is 5. The van der Waals surface area contributed by atoms with Gasteiger partial charge in [0.05, 0.1) is 18.6 Å². The first-order valence-corrected chi connectivity index (χ1v) is 7.87. The summed E-state index contributed by atoms with van der Waals surface area (Å²) in [6.45, 7) is 5.86. The lowest BCUT2D eigenvalue weighted by Gasteiger charge is -2.23. The predicted molar refractivity (Wildman–Crippen MR) is 80.4 cm³/mol. The molecule has 1 N–H and O–H groups in total. The van der Waals surface area contributed by atoms with Crippen molar-refractivity contribution < 1.29 is 4.74 Å². The van der Waals surface area contributed by atoms with Crippen molar-refractivity contribution in [2.45, 2.75) is 32.2 Å². The van der Waals surface area contributed by atoms with Crippen LogP contribution >= 0.6 is 11.3 Å². The Labute approximate surface area is 123 Å². The zero-order chi connectivity index (χ0) is 13.9. The van der Waals surface area contributed by atoms with Crippen LogP contribution in [0.4, 0.5) is 0 Å². The van der Waals surface area contributed by atoms with Gasteiger partial charge in [-0.3, -0.25) is 0 Å². The lowest BCUT2D eigenvalue weighted by atomic mass is 9.97. The summed E-state index contributed by atoms with van der Waals surface area (Å²) in [5.74, 6) is 1.33. The van der Waals surface area contributed by atoms with Crippen molar-refractivity contribution in [3.8, 4) is 5.75 Å². The van der Waals surface area contributed by atoms with Gasteiger partial charge in [0, 0.05) is 0 Å². The molecule has 106 valence electrons. The number of nitrogens with one attached hydrogen (secondary N) is 1. The van der Waals surface area contributed by atoms with E-state index < -0.39 is 0 Å². The molecule has 2 heterocycles. The van der Waals surface area contributed by atoms with E-state index in [0.29, 0.717) is 12.5 Å². The maximum absolute atomic E-state index is 5.83. The van der Waals surface area contributed by atoms with Crippen molar-refractivity contribution in [1.29, 1.82) is 0 Å². The van der Waals surface area contributed by atoms with Crippen LogP contribution in [0.25, 0.3) is 0 Å². The van der Waals surface area contributed by atoms with Gasteiger partial charge >= 0.3 is 0 Å². The number of benzene rings is 1. The van der Waals surface area contributed by atoms with Crippen LogP contribution in [0, 0.1) is 0 Å². The number of aromatic nitrogens is 2. The van der Waals surface area contributed by atoms with E-state index in [1.807, 2.05) is 12.1 Å². The zero-order valence-corrected chi connectivity index (χ0v) is 12.6. The van der Waals surface area contributed by atoms with Crippen LogP contribution in [-0.4, -0.2) is 23.3 Å². The predicted octanol–water partition coefficient (Wildman–Crippen LogP) is 2.93. The summed E-state index contributed by atoms with van der Waals surface area (Å²) in [7, 11) is 0. The second-order valence-electron chi connectivity index (χ2n) is 5.08. The summed E-state index contributed by atoms with van der Waals surface area (Å²) in [6, 6.07) is 8.50. The van der Waals surface area contributed by atoms with Crippen molar-refractivity contribution in [3.05, 3.63) is 39.8 Å². The molecule has 0 spiro atoms. The molecule has 0 radical (unpaired) electrons. The van der Waals surface area contributed by atoms with E-state index >= 15 is 0 Å². The van der Waals surface area contributed by atoms with Gasteiger partial charge in [-0.1, -0.05) is 36.5 Å². The largest absolute Gasteiger partial charge is 0.493 e. The first-order valence-electron chi connectivity index (χ1n) is 7.05. The van der Waals surface area contributed by atoms with Crippen LogP contribution in [0.2, 0.25) is 0 Å².